The first-order valence-corrected chi connectivity index (χ1v) is 9.15. The Balaban J connectivity index is -0.000000659. The lowest BCUT2D eigenvalue weighted by molar-refractivity contribution is -0.131. The summed E-state index contributed by atoms with van der Waals surface area (Å²) in [4.78, 5) is 11.2. The van der Waals surface area contributed by atoms with E-state index >= 15 is 0 Å². The Hall–Kier alpha value is -1.61. The second-order valence-corrected chi connectivity index (χ2v) is 4.34. The maximum absolute atomic E-state index is 11.2. The highest BCUT2D eigenvalue weighted by atomic mass is 16.5. The summed E-state index contributed by atoms with van der Waals surface area (Å²) in [5.74, 6) is -0.0407. The molecule has 0 spiro atoms. The predicted octanol–water partition coefficient (Wildman–Crippen LogP) is 5.60. The van der Waals surface area contributed by atoms with Crippen LogP contribution in [0.5, 0.6) is 0 Å². The molecule has 1 atom stereocenters. The van der Waals surface area contributed by atoms with Gasteiger partial charge in [-0.2, -0.15) is 0 Å². The lowest BCUT2D eigenvalue weighted by Gasteiger charge is -2.23. The lowest BCUT2D eigenvalue weighted by Crippen LogP contribution is -2.45. The molecule has 0 aromatic rings. The number of carbonyl (C=O) groups is 1. The lowest BCUT2D eigenvalue weighted by atomic mass is 10.0. The molecule has 1 heterocycles. The Morgan fingerprint density at radius 1 is 1.25 bits per heavy atom. The van der Waals surface area contributed by atoms with Crippen LogP contribution in [-0.2, 0) is 9.53 Å². The van der Waals surface area contributed by atoms with Gasteiger partial charge in [0.05, 0.1) is 12.6 Å². The molecule has 1 aliphatic heterocycles. The van der Waals surface area contributed by atoms with Crippen LogP contribution in [0.4, 0.5) is 0 Å². The van der Waals surface area contributed by atoms with Crippen LogP contribution < -0.4 is 5.32 Å². The van der Waals surface area contributed by atoms with Crippen LogP contribution in [-0.4, -0.2) is 25.2 Å². The summed E-state index contributed by atoms with van der Waals surface area (Å²) in [6, 6.07) is 0.0524. The van der Waals surface area contributed by atoms with Crippen molar-refractivity contribution in [2.24, 2.45) is 0 Å². The average Bonchev–Trinajstić information content (AvgIpc) is 2.64. The summed E-state index contributed by atoms with van der Waals surface area (Å²) < 4.78 is 5.23. The molecule has 0 saturated carbocycles. The topological polar surface area (TPSA) is 38.3 Å². The molecule has 1 rings (SSSR count). The van der Waals surface area contributed by atoms with E-state index in [1.54, 1.807) is 0 Å². The zero-order valence-corrected chi connectivity index (χ0v) is 17.1. The highest BCUT2D eigenvalue weighted by Gasteiger charge is 2.18. The van der Waals surface area contributed by atoms with Gasteiger partial charge in [-0.05, 0) is 25.8 Å². The van der Waals surface area contributed by atoms with Gasteiger partial charge in [-0.1, -0.05) is 84.1 Å². The maximum Gasteiger partial charge on any atom is 0.246 e. The number of nitrogens with one attached hydrogen (secondary N) is 1. The minimum absolute atomic E-state index is 0.0407. The van der Waals surface area contributed by atoms with Gasteiger partial charge in [-0.3, -0.25) is 4.79 Å². The van der Waals surface area contributed by atoms with Crippen molar-refractivity contribution >= 4 is 5.91 Å². The Morgan fingerprint density at radius 2 is 1.83 bits per heavy atom. The van der Waals surface area contributed by atoms with Gasteiger partial charge in [-0.25, -0.2) is 0 Å². The van der Waals surface area contributed by atoms with E-state index in [9.17, 15) is 4.79 Å². The van der Waals surface area contributed by atoms with Gasteiger partial charge in [0.15, 0.2) is 0 Å². The van der Waals surface area contributed by atoms with E-state index in [0.29, 0.717) is 6.61 Å². The summed E-state index contributed by atoms with van der Waals surface area (Å²) in [7, 11) is 0. The number of carbonyl (C=O) groups excluding carboxylic acids is 1. The van der Waals surface area contributed by atoms with E-state index in [1.807, 2.05) is 79.7 Å². The van der Waals surface area contributed by atoms with Crippen LogP contribution in [0.25, 0.3) is 0 Å². The molecule has 0 aliphatic carbocycles. The predicted molar refractivity (Wildman–Crippen MR) is 108 cm³/mol. The molecule has 140 valence electrons. The standard InChI is InChI=1S/C15H21NO2.3C2H6/c1-4-6-7-13(8-12(3)5-2)9-14-10-18-11-15(17)16-14;3*1-2/h4-8,14H,2,9-11H2,1,3H3,(H,16,17);3*1-2H3/b6-4-,12-8-,13-7+;;;. The van der Waals surface area contributed by atoms with Gasteiger partial charge in [-0.15, -0.1) is 0 Å². The van der Waals surface area contributed by atoms with Crippen LogP contribution in [0.3, 0.4) is 0 Å². The normalized spacial score (nSPS) is 17.3. The summed E-state index contributed by atoms with van der Waals surface area (Å²) >= 11 is 0. The highest BCUT2D eigenvalue weighted by molar-refractivity contribution is 5.78. The fraction of sp³-hybridized carbons (Fsp3) is 0.571. The van der Waals surface area contributed by atoms with Crippen molar-refractivity contribution < 1.29 is 9.53 Å². The first-order valence-electron chi connectivity index (χ1n) is 9.15. The molecule has 0 bridgehead atoms. The maximum atomic E-state index is 11.2. The molecule has 24 heavy (non-hydrogen) atoms. The molecule has 3 nitrogen and oxygen atoms in total. The Morgan fingerprint density at radius 3 is 2.29 bits per heavy atom. The number of morpholine rings is 1. The molecule has 1 fully saturated rings. The molecule has 0 aromatic heterocycles. The van der Waals surface area contributed by atoms with E-state index < -0.39 is 0 Å². The van der Waals surface area contributed by atoms with Gasteiger partial charge in [0, 0.05) is 0 Å². The summed E-state index contributed by atoms with van der Waals surface area (Å²) in [6.45, 7) is 20.5. The molecule has 0 aromatic carbocycles. The second-order valence-electron chi connectivity index (χ2n) is 4.34. The fourth-order valence-corrected chi connectivity index (χ4v) is 1.75. The third-order valence-electron chi connectivity index (χ3n) is 2.64. The quantitative estimate of drug-likeness (QED) is 0.663. The Labute approximate surface area is 150 Å². The number of rotatable bonds is 5. The van der Waals surface area contributed by atoms with Crippen LogP contribution >= 0.6 is 0 Å². The van der Waals surface area contributed by atoms with Crippen LogP contribution in [0.2, 0.25) is 0 Å². The van der Waals surface area contributed by atoms with E-state index in [-0.39, 0.29) is 18.6 Å². The molecular weight excluding hydrogens is 298 g/mol. The number of hydrogen-bond acceptors (Lipinski definition) is 2. The molecule has 1 N–H and O–H groups in total. The number of allylic oxidation sites excluding steroid dienone is 6. The Kier molecular flexibility index (Phi) is 24.3. The average molecular weight is 338 g/mol. The van der Waals surface area contributed by atoms with Crippen molar-refractivity contribution in [1.82, 2.24) is 5.32 Å². The van der Waals surface area contributed by atoms with E-state index in [2.05, 4.69) is 18.0 Å². The molecule has 1 saturated heterocycles. The van der Waals surface area contributed by atoms with Gasteiger partial charge in [0.25, 0.3) is 0 Å². The smallest absolute Gasteiger partial charge is 0.246 e. The molecular formula is C21H39NO2. The summed E-state index contributed by atoms with van der Waals surface area (Å²) in [5.41, 5.74) is 2.26. The summed E-state index contributed by atoms with van der Waals surface area (Å²) in [5, 5.41) is 2.93. The monoisotopic (exact) mass is 337 g/mol. The first-order chi connectivity index (χ1) is 11.7. The largest absolute Gasteiger partial charge is 0.369 e. The van der Waals surface area contributed by atoms with Gasteiger partial charge < -0.3 is 10.1 Å². The number of amides is 1. The molecule has 0 radical (unpaired) electrons. The van der Waals surface area contributed by atoms with Crippen LogP contribution in [0.15, 0.2) is 48.1 Å². The SMILES string of the molecule is C=C\C(C)=C/C(=C\C=C/C)CC1COCC(=O)N1.CC.CC.CC. The zero-order valence-electron chi connectivity index (χ0n) is 17.1. The Bertz CT molecular complexity index is 393. The zero-order chi connectivity index (χ0) is 19.4. The van der Waals surface area contributed by atoms with Gasteiger partial charge >= 0.3 is 0 Å². The van der Waals surface area contributed by atoms with Gasteiger partial charge in [0.1, 0.15) is 6.61 Å². The molecule has 3 heteroatoms. The number of ether oxygens (including phenoxy) is 1. The van der Waals surface area contributed by atoms with Crippen molar-refractivity contribution in [3.05, 3.63) is 48.1 Å². The minimum atomic E-state index is -0.0407. The highest BCUT2D eigenvalue weighted by Crippen LogP contribution is 2.13. The minimum Gasteiger partial charge on any atom is -0.369 e. The van der Waals surface area contributed by atoms with E-state index in [1.165, 1.54) is 0 Å². The second kappa shape index (κ2) is 21.4. The van der Waals surface area contributed by atoms with E-state index in [4.69, 9.17) is 4.74 Å². The van der Waals surface area contributed by atoms with Crippen LogP contribution in [0, 0.1) is 0 Å². The first kappa shape index (κ1) is 27.2. The molecule has 1 unspecified atom stereocenters. The van der Waals surface area contributed by atoms with Gasteiger partial charge in [0.2, 0.25) is 5.91 Å². The number of hydrogen-bond donors (Lipinski definition) is 1. The molecule has 1 aliphatic rings. The van der Waals surface area contributed by atoms with Crippen LogP contribution in [0.1, 0.15) is 61.8 Å². The third kappa shape index (κ3) is 15.3. The van der Waals surface area contributed by atoms with Crippen molar-refractivity contribution in [3.63, 3.8) is 0 Å². The van der Waals surface area contributed by atoms with Crippen molar-refractivity contribution in [2.75, 3.05) is 13.2 Å². The van der Waals surface area contributed by atoms with E-state index in [0.717, 1.165) is 17.6 Å². The fourth-order valence-electron chi connectivity index (χ4n) is 1.75. The van der Waals surface area contributed by atoms with Crippen molar-refractivity contribution in [1.29, 1.82) is 0 Å². The third-order valence-corrected chi connectivity index (χ3v) is 2.64. The molecule has 1 amide bonds. The summed E-state index contributed by atoms with van der Waals surface area (Å²) in [6.07, 6.45) is 10.7. The van der Waals surface area contributed by atoms with Crippen molar-refractivity contribution in [2.45, 2.75) is 67.9 Å². The van der Waals surface area contributed by atoms with Crippen molar-refractivity contribution in [3.8, 4) is 0 Å².